The average molecular weight is 505 g/mol. The van der Waals surface area contributed by atoms with Crippen molar-refractivity contribution in [3.8, 4) is 11.1 Å². The lowest BCUT2D eigenvalue weighted by Crippen LogP contribution is -2.17. The lowest BCUT2D eigenvalue weighted by atomic mass is 9.76. The highest BCUT2D eigenvalue weighted by Crippen LogP contribution is 2.38. The molecule has 4 rings (SSSR count). The molecule has 0 aromatic heterocycles. The van der Waals surface area contributed by atoms with E-state index in [0.717, 1.165) is 0 Å². The first kappa shape index (κ1) is 28.5. The molecule has 34 heavy (non-hydrogen) atoms. The van der Waals surface area contributed by atoms with Crippen molar-refractivity contribution in [1.82, 2.24) is 0 Å². The van der Waals surface area contributed by atoms with Crippen LogP contribution in [0, 0.1) is 20.9 Å². The molecule has 1 aliphatic carbocycles. The van der Waals surface area contributed by atoms with Gasteiger partial charge in [0.15, 0.2) is 0 Å². The molecule has 0 heterocycles. The van der Waals surface area contributed by atoms with Gasteiger partial charge in [-0.05, 0) is 54.0 Å². The Morgan fingerprint density at radius 2 is 1.03 bits per heavy atom. The van der Waals surface area contributed by atoms with Crippen molar-refractivity contribution < 1.29 is 29.4 Å². The van der Waals surface area contributed by atoms with Crippen LogP contribution in [0.2, 0.25) is 0 Å². The third-order valence-electron chi connectivity index (χ3n) is 5.53. The van der Waals surface area contributed by atoms with E-state index in [9.17, 15) is 0 Å². The van der Waals surface area contributed by atoms with Gasteiger partial charge in [-0.3, -0.25) is 0 Å². The highest BCUT2D eigenvalue weighted by atomic mass is 31.2. The SMILES string of the molecule is CC(C)(C)c1ccc(-c2cccc3c2=c2ccccc2=3)c(C(C)(C)C)c1.OP(O)O.OP(O)O. The van der Waals surface area contributed by atoms with E-state index in [1.807, 2.05) is 0 Å². The predicted molar refractivity (Wildman–Crippen MR) is 138 cm³/mol. The second-order valence-corrected chi connectivity index (χ2v) is 11.1. The molecular weight excluding hydrogens is 470 g/mol. The summed E-state index contributed by atoms with van der Waals surface area (Å²) in [7, 11) is -5.24. The van der Waals surface area contributed by atoms with E-state index in [-0.39, 0.29) is 10.8 Å². The molecule has 0 fully saturated rings. The summed E-state index contributed by atoms with van der Waals surface area (Å²) in [5.74, 6) is 0. The molecule has 0 aliphatic heterocycles. The fourth-order valence-electron chi connectivity index (χ4n) is 4.03. The Kier molecular flexibility index (Phi) is 9.52. The van der Waals surface area contributed by atoms with E-state index in [2.05, 4.69) is 102 Å². The van der Waals surface area contributed by atoms with Crippen molar-refractivity contribution in [1.29, 1.82) is 0 Å². The van der Waals surface area contributed by atoms with Crippen LogP contribution in [0.25, 0.3) is 11.1 Å². The number of hydrogen-bond donors (Lipinski definition) is 6. The van der Waals surface area contributed by atoms with Gasteiger partial charge in [0.1, 0.15) is 0 Å². The minimum atomic E-state index is -2.62. The van der Waals surface area contributed by atoms with Crippen molar-refractivity contribution in [3.63, 3.8) is 0 Å². The van der Waals surface area contributed by atoms with Crippen LogP contribution in [0.15, 0.2) is 60.7 Å². The van der Waals surface area contributed by atoms with Gasteiger partial charge in [0.25, 0.3) is 0 Å². The summed E-state index contributed by atoms with van der Waals surface area (Å²) in [6, 6.07) is 22.6. The summed E-state index contributed by atoms with van der Waals surface area (Å²) in [6.07, 6.45) is 0. The quantitative estimate of drug-likeness (QED) is 0.198. The fraction of sp³-hybridized carbons (Fsp3) is 0.308. The summed E-state index contributed by atoms with van der Waals surface area (Å²) in [5, 5.41) is 5.57. The summed E-state index contributed by atoms with van der Waals surface area (Å²) < 4.78 is 0. The molecule has 0 amide bonds. The van der Waals surface area contributed by atoms with Gasteiger partial charge in [-0.25, -0.2) is 0 Å². The van der Waals surface area contributed by atoms with Crippen LogP contribution in [-0.2, 0) is 10.8 Å². The van der Waals surface area contributed by atoms with E-state index in [1.54, 1.807) is 0 Å². The molecule has 0 radical (unpaired) electrons. The molecule has 6 nitrogen and oxygen atoms in total. The van der Waals surface area contributed by atoms with Crippen LogP contribution in [0.4, 0.5) is 0 Å². The van der Waals surface area contributed by atoms with E-state index in [0.29, 0.717) is 0 Å². The van der Waals surface area contributed by atoms with Crippen molar-refractivity contribution in [2.75, 3.05) is 0 Å². The smallest absolute Gasteiger partial charge is 0.324 e. The van der Waals surface area contributed by atoms with Gasteiger partial charge in [0.2, 0.25) is 0 Å². The van der Waals surface area contributed by atoms with Gasteiger partial charge in [0, 0.05) is 0 Å². The van der Waals surface area contributed by atoms with Crippen molar-refractivity contribution in [2.45, 2.75) is 52.4 Å². The monoisotopic (exact) mass is 504 g/mol. The second kappa shape index (κ2) is 11.3. The van der Waals surface area contributed by atoms with E-state index < -0.39 is 17.2 Å². The maximum absolute atomic E-state index is 7.23. The Balaban J connectivity index is 0.000000446. The van der Waals surface area contributed by atoms with Crippen LogP contribution < -0.4 is 0 Å². The molecule has 3 aromatic carbocycles. The molecule has 1 aliphatic rings. The van der Waals surface area contributed by atoms with Crippen LogP contribution in [0.1, 0.15) is 52.7 Å². The first-order valence-electron chi connectivity index (χ1n) is 10.8. The third kappa shape index (κ3) is 7.14. The van der Waals surface area contributed by atoms with E-state index in [4.69, 9.17) is 29.4 Å². The average Bonchev–Trinajstić information content (AvgIpc) is 2.69. The molecule has 184 valence electrons. The Morgan fingerprint density at radius 1 is 0.529 bits per heavy atom. The minimum absolute atomic E-state index is 0.0998. The van der Waals surface area contributed by atoms with E-state index >= 15 is 0 Å². The van der Waals surface area contributed by atoms with Crippen LogP contribution in [0.3, 0.4) is 0 Å². The minimum Gasteiger partial charge on any atom is -0.328 e. The fourth-order valence-corrected chi connectivity index (χ4v) is 4.03. The molecule has 0 saturated heterocycles. The number of hydrogen-bond acceptors (Lipinski definition) is 6. The molecule has 8 heteroatoms. The number of fused-ring (bicyclic) bond motifs is 2. The highest BCUT2D eigenvalue weighted by molar-refractivity contribution is 7.38. The summed E-state index contributed by atoms with van der Waals surface area (Å²) in [4.78, 5) is 43.4. The van der Waals surface area contributed by atoms with Crippen LogP contribution in [-0.4, -0.2) is 29.4 Å². The molecular formula is C26H34O6P2. The molecule has 0 atom stereocenters. The Hall–Kier alpha value is -1.72. The molecule has 3 aromatic rings. The number of benzene rings is 3. The third-order valence-corrected chi connectivity index (χ3v) is 5.53. The summed E-state index contributed by atoms with van der Waals surface area (Å²) in [6.45, 7) is 13.8. The Labute approximate surface area is 202 Å². The molecule has 6 N–H and O–H groups in total. The molecule has 0 spiro atoms. The molecule has 0 unspecified atom stereocenters. The standard InChI is InChI=1S/C26H28.2H3O3P/c1-25(2,3)17-14-15-19(23(16-17)26(4,5)6)22-13-9-12-21-18-10-7-8-11-20(18)24(21)22;2*1-4(2)3/h7-16H,1-6H3;2*1-3H. The van der Waals surface area contributed by atoms with Gasteiger partial charge in [-0.15, -0.1) is 0 Å². The van der Waals surface area contributed by atoms with Crippen molar-refractivity contribution >= 4 is 17.2 Å². The summed E-state index contributed by atoms with van der Waals surface area (Å²) >= 11 is 0. The zero-order chi connectivity index (χ0) is 25.8. The Bertz CT molecular complexity index is 1300. The van der Waals surface area contributed by atoms with Gasteiger partial charge in [-0.2, -0.15) is 0 Å². The van der Waals surface area contributed by atoms with Gasteiger partial charge >= 0.3 is 17.2 Å². The predicted octanol–water partition coefficient (Wildman–Crippen LogP) is 5.22. The Morgan fingerprint density at radius 3 is 1.53 bits per heavy atom. The largest absolute Gasteiger partial charge is 0.328 e. The highest BCUT2D eigenvalue weighted by Gasteiger charge is 2.23. The first-order valence-corrected chi connectivity index (χ1v) is 13.2. The lowest BCUT2D eigenvalue weighted by Gasteiger charge is -2.28. The normalized spacial score (nSPS) is 12.1. The van der Waals surface area contributed by atoms with E-state index in [1.165, 1.54) is 43.1 Å². The van der Waals surface area contributed by atoms with Gasteiger partial charge in [0.05, 0.1) is 0 Å². The maximum atomic E-state index is 7.23. The zero-order valence-corrected chi connectivity index (χ0v) is 22.1. The van der Waals surface area contributed by atoms with Crippen LogP contribution >= 0.6 is 17.2 Å². The van der Waals surface area contributed by atoms with Gasteiger partial charge < -0.3 is 29.4 Å². The molecule has 0 bridgehead atoms. The van der Waals surface area contributed by atoms with Crippen molar-refractivity contribution in [3.05, 3.63) is 92.7 Å². The van der Waals surface area contributed by atoms with Crippen molar-refractivity contribution in [2.24, 2.45) is 0 Å². The summed E-state index contributed by atoms with van der Waals surface area (Å²) in [5.41, 5.74) is 5.84. The topological polar surface area (TPSA) is 121 Å². The first-order chi connectivity index (χ1) is 15.6. The van der Waals surface area contributed by atoms with Gasteiger partial charge in [-0.1, -0.05) is 102 Å². The lowest BCUT2D eigenvalue weighted by molar-refractivity contribution is 0.366. The zero-order valence-electron chi connectivity index (χ0n) is 20.4. The maximum Gasteiger partial charge on any atom is 0.324 e. The second-order valence-electron chi connectivity index (χ2n) is 10.1. The molecule has 0 saturated carbocycles. The number of rotatable bonds is 1. The van der Waals surface area contributed by atoms with Crippen LogP contribution in [0.5, 0.6) is 0 Å².